The molecular weight excluding hydrogens is 585 g/mol. The fraction of sp³-hybridized carbons (Fsp3) is 0.935. The van der Waals surface area contributed by atoms with E-state index in [2.05, 4.69) is 32.9 Å². The molecule has 0 fully saturated rings. The maximum absolute atomic E-state index is 12.0. The van der Waals surface area contributed by atoms with Crippen LogP contribution >= 0.6 is 0 Å². The van der Waals surface area contributed by atoms with Gasteiger partial charge in [-0.15, -0.1) is 0 Å². The predicted molar refractivity (Wildman–Crippen MR) is 216 cm³/mol. The van der Waals surface area contributed by atoms with Gasteiger partial charge in [0.15, 0.2) is 0 Å². The minimum Gasteiger partial charge on any atom is -0.466 e. The Labute approximate surface area is 304 Å². The molecule has 0 rings (SSSR count). The zero-order chi connectivity index (χ0) is 34.9. The topological polar surface area (TPSA) is 26.3 Å². The quantitative estimate of drug-likeness (QED) is 0.0366. The molecule has 2 nitrogen and oxygen atoms in total. The van der Waals surface area contributed by atoms with Gasteiger partial charge in [-0.2, -0.15) is 0 Å². The van der Waals surface area contributed by atoms with Crippen LogP contribution in [0.4, 0.5) is 0 Å². The molecule has 0 saturated heterocycles. The number of unbranched alkanes of at least 4 members (excludes halogenated alkanes) is 33. The molecule has 0 atom stereocenters. The zero-order valence-corrected chi connectivity index (χ0v) is 33.6. The third-order valence-electron chi connectivity index (χ3n) is 10.3. The number of carbonyl (C=O) groups is 1. The van der Waals surface area contributed by atoms with Crippen molar-refractivity contribution in [3.05, 3.63) is 12.2 Å². The first-order valence-electron chi connectivity index (χ1n) is 22.5. The number of esters is 1. The number of carbonyl (C=O) groups excluding carboxylic acids is 1. The van der Waals surface area contributed by atoms with Crippen LogP contribution in [-0.4, -0.2) is 12.6 Å². The van der Waals surface area contributed by atoms with E-state index in [9.17, 15) is 4.79 Å². The molecular formula is C46H90O2. The first-order valence-corrected chi connectivity index (χ1v) is 22.5. The fourth-order valence-electron chi connectivity index (χ4n) is 6.97. The minimum atomic E-state index is 0.0268. The molecule has 0 aliphatic heterocycles. The van der Waals surface area contributed by atoms with E-state index in [1.54, 1.807) is 0 Å². The molecule has 0 N–H and O–H groups in total. The van der Waals surface area contributed by atoms with Crippen molar-refractivity contribution in [2.75, 3.05) is 6.61 Å². The van der Waals surface area contributed by atoms with Crippen molar-refractivity contribution in [1.82, 2.24) is 0 Å². The summed E-state index contributed by atoms with van der Waals surface area (Å²) in [5.41, 5.74) is 0. The van der Waals surface area contributed by atoms with Crippen LogP contribution in [0.1, 0.15) is 265 Å². The van der Waals surface area contributed by atoms with E-state index in [0.717, 1.165) is 18.8 Å². The molecule has 0 spiro atoms. The molecule has 0 radical (unpaired) electrons. The Morgan fingerprint density at radius 3 is 1.10 bits per heavy atom. The van der Waals surface area contributed by atoms with Crippen LogP contribution in [0.25, 0.3) is 0 Å². The Hall–Kier alpha value is -0.790. The van der Waals surface area contributed by atoms with Gasteiger partial charge in [-0.1, -0.05) is 232 Å². The normalized spacial score (nSPS) is 11.8. The van der Waals surface area contributed by atoms with Gasteiger partial charge in [-0.3, -0.25) is 4.79 Å². The first-order chi connectivity index (χ1) is 23.7. The molecule has 0 heterocycles. The molecule has 48 heavy (non-hydrogen) atoms. The van der Waals surface area contributed by atoms with E-state index in [4.69, 9.17) is 4.74 Å². The molecule has 0 aliphatic carbocycles. The second-order valence-electron chi connectivity index (χ2n) is 15.9. The van der Waals surface area contributed by atoms with Gasteiger partial charge in [0, 0.05) is 6.42 Å². The maximum atomic E-state index is 12.0. The number of rotatable bonds is 41. The second-order valence-corrected chi connectivity index (χ2v) is 15.9. The average Bonchev–Trinajstić information content (AvgIpc) is 3.08. The van der Waals surface area contributed by atoms with Crippen LogP contribution in [0.3, 0.4) is 0 Å². The van der Waals surface area contributed by atoms with Crippen molar-refractivity contribution < 1.29 is 9.53 Å². The highest BCUT2D eigenvalue weighted by Gasteiger charge is 2.03. The van der Waals surface area contributed by atoms with Crippen molar-refractivity contribution in [2.45, 2.75) is 265 Å². The lowest BCUT2D eigenvalue weighted by Crippen LogP contribution is -2.05. The van der Waals surface area contributed by atoms with Crippen LogP contribution in [-0.2, 0) is 9.53 Å². The maximum Gasteiger partial charge on any atom is 0.305 e. The van der Waals surface area contributed by atoms with Gasteiger partial charge in [0.05, 0.1) is 6.61 Å². The zero-order valence-electron chi connectivity index (χ0n) is 33.6. The number of hydrogen-bond donors (Lipinski definition) is 0. The minimum absolute atomic E-state index is 0.0268. The summed E-state index contributed by atoms with van der Waals surface area (Å²) < 4.78 is 5.48. The first kappa shape index (κ1) is 47.2. The van der Waals surface area contributed by atoms with E-state index in [1.165, 1.54) is 225 Å². The van der Waals surface area contributed by atoms with Crippen molar-refractivity contribution in [3.63, 3.8) is 0 Å². The van der Waals surface area contributed by atoms with Gasteiger partial charge >= 0.3 is 5.97 Å². The van der Waals surface area contributed by atoms with Crippen LogP contribution < -0.4 is 0 Å². The second kappa shape index (κ2) is 42.4. The largest absolute Gasteiger partial charge is 0.466 e. The number of allylic oxidation sites excluding steroid dienone is 2. The standard InChI is InChI=1S/C46H90O2/c1-4-5-6-7-8-9-10-11-12-13-15-19-22-25-28-31-34-37-40-43-46(47)48-44-41-38-35-32-29-26-23-20-17-14-16-18-21-24-27-30-33-36-39-42-45(2)3/h11-12,45H,4-10,13-44H2,1-3H3. The highest BCUT2D eigenvalue weighted by Crippen LogP contribution is 2.16. The van der Waals surface area contributed by atoms with E-state index in [1.807, 2.05) is 0 Å². The molecule has 0 aliphatic rings. The van der Waals surface area contributed by atoms with Gasteiger partial charge in [0.25, 0.3) is 0 Å². The summed E-state index contributed by atoms with van der Waals surface area (Å²) in [6, 6.07) is 0. The van der Waals surface area contributed by atoms with Crippen molar-refractivity contribution in [1.29, 1.82) is 0 Å². The Morgan fingerprint density at radius 1 is 0.417 bits per heavy atom. The fourth-order valence-corrected chi connectivity index (χ4v) is 6.97. The van der Waals surface area contributed by atoms with E-state index >= 15 is 0 Å². The summed E-state index contributed by atoms with van der Waals surface area (Å²) in [6.45, 7) is 7.60. The SMILES string of the molecule is CCCCCCCCC=CCCCCCCCCCCCC(=O)OCCCCCCCCCCCCCCCCCCCCCC(C)C. The van der Waals surface area contributed by atoms with E-state index < -0.39 is 0 Å². The van der Waals surface area contributed by atoms with Crippen molar-refractivity contribution in [2.24, 2.45) is 5.92 Å². The molecule has 0 aromatic carbocycles. The molecule has 2 heteroatoms. The van der Waals surface area contributed by atoms with Gasteiger partial charge < -0.3 is 4.74 Å². The molecule has 0 saturated carbocycles. The van der Waals surface area contributed by atoms with Crippen LogP contribution in [0.2, 0.25) is 0 Å². The average molecular weight is 675 g/mol. The highest BCUT2D eigenvalue weighted by molar-refractivity contribution is 5.69. The lowest BCUT2D eigenvalue weighted by atomic mass is 10.0. The summed E-state index contributed by atoms with van der Waals surface area (Å²) in [6.07, 6.45) is 56.0. The van der Waals surface area contributed by atoms with Crippen LogP contribution in [0.5, 0.6) is 0 Å². The van der Waals surface area contributed by atoms with Crippen molar-refractivity contribution in [3.8, 4) is 0 Å². The van der Waals surface area contributed by atoms with Gasteiger partial charge in [-0.25, -0.2) is 0 Å². The smallest absolute Gasteiger partial charge is 0.305 e. The van der Waals surface area contributed by atoms with Crippen LogP contribution in [0.15, 0.2) is 12.2 Å². The monoisotopic (exact) mass is 675 g/mol. The Bertz CT molecular complexity index is 624. The van der Waals surface area contributed by atoms with Crippen LogP contribution in [0, 0.1) is 5.92 Å². The Kier molecular flexibility index (Phi) is 41.7. The summed E-state index contributed by atoms with van der Waals surface area (Å²) in [7, 11) is 0. The predicted octanol–water partition coefficient (Wildman–Crippen LogP) is 16.6. The Balaban J connectivity index is 3.17. The van der Waals surface area contributed by atoms with Gasteiger partial charge in [-0.05, 0) is 44.4 Å². The van der Waals surface area contributed by atoms with Gasteiger partial charge in [0.2, 0.25) is 0 Å². The Morgan fingerprint density at radius 2 is 0.729 bits per heavy atom. The van der Waals surface area contributed by atoms with E-state index in [-0.39, 0.29) is 5.97 Å². The van der Waals surface area contributed by atoms with Crippen molar-refractivity contribution >= 4 is 5.97 Å². The lowest BCUT2D eigenvalue weighted by Gasteiger charge is -2.06. The summed E-state index contributed by atoms with van der Waals surface area (Å²) >= 11 is 0. The number of hydrogen-bond acceptors (Lipinski definition) is 2. The highest BCUT2D eigenvalue weighted by atomic mass is 16.5. The molecule has 286 valence electrons. The third-order valence-corrected chi connectivity index (χ3v) is 10.3. The number of ether oxygens (including phenoxy) is 1. The molecule has 0 unspecified atom stereocenters. The summed E-state index contributed by atoms with van der Waals surface area (Å²) in [5.74, 6) is 0.909. The molecule has 0 bridgehead atoms. The lowest BCUT2D eigenvalue weighted by molar-refractivity contribution is -0.143. The summed E-state index contributed by atoms with van der Waals surface area (Å²) in [5, 5.41) is 0. The molecule has 0 amide bonds. The molecule has 0 aromatic heterocycles. The van der Waals surface area contributed by atoms with Gasteiger partial charge in [0.1, 0.15) is 0 Å². The summed E-state index contributed by atoms with van der Waals surface area (Å²) in [4.78, 5) is 12.0. The van der Waals surface area contributed by atoms with E-state index in [0.29, 0.717) is 13.0 Å². The molecule has 0 aromatic rings. The third kappa shape index (κ3) is 43.2.